The van der Waals surface area contributed by atoms with Crippen molar-refractivity contribution in [3.8, 4) is 11.4 Å². The lowest BCUT2D eigenvalue weighted by atomic mass is 10.2. The summed E-state index contributed by atoms with van der Waals surface area (Å²) in [6.45, 7) is 1.69. The number of ether oxygens (including phenoxy) is 1. The van der Waals surface area contributed by atoms with Gasteiger partial charge in [0.2, 0.25) is 0 Å². The van der Waals surface area contributed by atoms with Crippen molar-refractivity contribution in [3.63, 3.8) is 0 Å². The molecule has 146 valence electrons. The summed E-state index contributed by atoms with van der Waals surface area (Å²) in [5, 5.41) is 13.8. The van der Waals surface area contributed by atoms with Crippen LogP contribution in [-0.2, 0) is 0 Å². The molecule has 0 aliphatic rings. The van der Waals surface area contributed by atoms with E-state index in [1.54, 1.807) is 25.1 Å². The van der Waals surface area contributed by atoms with Crippen LogP contribution in [0.15, 0.2) is 47.4 Å². The van der Waals surface area contributed by atoms with Crippen LogP contribution in [-0.4, -0.2) is 38.7 Å². The second kappa shape index (κ2) is 7.89. The summed E-state index contributed by atoms with van der Waals surface area (Å²) in [4.78, 5) is 12.4. The fourth-order valence-corrected chi connectivity index (χ4v) is 3.12. The summed E-state index contributed by atoms with van der Waals surface area (Å²) >= 11 is -0.336. The van der Waals surface area contributed by atoms with E-state index in [4.69, 9.17) is 4.74 Å². The number of alkyl halides is 3. The molecule has 3 aromatic rings. The van der Waals surface area contributed by atoms with Crippen LogP contribution in [0.25, 0.3) is 5.69 Å². The number of methoxy groups -OCH3 is 1. The first kappa shape index (κ1) is 19.7. The van der Waals surface area contributed by atoms with Crippen LogP contribution < -0.4 is 10.1 Å². The zero-order valence-corrected chi connectivity index (χ0v) is 15.5. The molecule has 0 saturated carbocycles. The molecule has 0 aliphatic carbocycles. The highest BCUT2D eigenvalue weighted by molar-refractivity contribution is 8.00. The fraction of sp³-hybridized carbons (Fsp3) is 0.176. The summed E-state index contributed by atoms with van der Waals surface area (Å²) < 4.78 is 44.9. The van der Waals surface area contributed by atoms with Crippen LogP contribution >= 0.6 is 11.8 Å². The van der Waals surface area contributed by atoms with Gasteiger partial charge in [0.05, 0.1) is 12.7 Å². The highest BCUT2D eigenvalue weighted by Gasteiger charge is 2.31. The van der Waals surface area contributed by atoms with Crippen molar-refractivity contribution in [2.45, 2.75) is 17.3 Å². The molecule has 11 heteroatoms. The predicted molar refractivity (Wildman–Crippen MR) is 96.8 cm³/mol. The normalized spacial score (nSPS) is 11.3. The smallest absolute Gasteiger partial charge is 0.446 e. The average Bonchev–Trinajstić information content (AvgIpc) is 3.06. The summed E-state index contributed by atoms with van der Waals surface area (Å²) in [6.07, 6.45) is 0. The van der Waals surface area contributed by atoms with Gasteiger partial charge in [-0.1, -0.05) is 12.1 Å². The molecular weight excluding hydrogens is 395 g/mol. The predicted octanol–water partition coefficient (Wildman–Crippen LogP) is 3.84. The standard InChI is InChI=1S/C17H14F3N5O2S/c1-10-22-23-24-25(10)13-9-11(7-8-14(13)27-2)21-16(26)12-5-3-4-6-15(12)28-17(18,19)20/h3-9H,1-2H3,(H,21,26). The Labute approximate surface area is 161 Å². The summed E-state index contributed by atoms with van der Waals surface area (Å²) in [7, 11) is 1.47. The van der Waals surface area contributed by atoms with E-state index in [1.165, 1.54) is 36.1 Å². The monoisotopic (exact) mass is 409 g/mol. The first-order valence-corrected chi connectivity index (χ1v) is 8.69. The number of rotatable bonds is 5. The second-order valence-corrected chi connectivity index (χ2v) is 6.63. The minimum Gasteiger partial charge on any atom is -0.494 e. The number of nitrogens with one attached hydrogen (secondary N) is 1. The van der Waals surface area contributed by atoms with Gasteiger partial charge in [-0.2, -0.15) is 17.9 Å². The number of benzene rings is 2. The molecule has 0 unspecified atom stereocenters. The molecule has 1 amide bonds. The Kier molecular flexibility index (Phi) is 5.54. The number of hydrogen-bond acceptors (Lipinski definition) is 6. The van der Waals surface area contributed by atoms with Gasteiger partial charge in [-0.25, -0.2) is 0 Å². The van der Waals surface area contributed by atoms with Gasteiger partial charge in [-0.15, -0.1) is 5.10 Å². The number of nitrogens with zero attached hydrogens (tertiary/aromatic N) is 4. The highest BCUT2D eigenvalue weighted by atomic mass is 32.2. The van der Waals surface area contributed by atoms with Crippen molar-refractivity contribution < 1.29 is 22.7 Å². The van der Waals surface area contributed by atoms with Gasteiger partial charge in [0.1, 0.15) is 11.4 Å². The maximum Gasteiger partial charge on any atom is 0.446 e. The number of amides is 1. The van der Waals surface area contributed by atoms with Crippen LogP contribution in [0, 0.1) is 6.92 Å². The third-order valence-electron chi connectivity index (χ3n) is 3.65. The average molecular weight is 409 g/mol. The third kappa shape index (κ3) is 4.42. The number of thioether (sulfide) groups is 1. The number of aryl methyl sites for hydroxylation is 1. The summed E-state index contributed by atoms with van der Waals surface area (Å²) in [5.74, 6) is 0.284. The van der Waals surface area contributed by atoms with Crippen molar-refractivity contribution in [1.29, 1.82) is 0 Å². The van der Waals surface area contributed by atoms with Crippen LogP contribution in [0.2, 0.25) is 0 Å². The third-order valence-corrected chi connectivity index (χ3v) is 4.46. The molecule has 0 saturated heterocycles. The molecule has 1 aromatic heterocycles. The van der Waals surface area contributed by atoms with E-state index in [0.29, 0.717) is 22.9 Å². The van der Waals surface area contributed by atoms with E-state index < -0.39 is 11.4 Å². The van der Waals surface area contributed by atoms with E-state index in [-0.39, 0.29) is 22.2 Å². The van der Waals surface area contributed by atoms with E-state index >= 15 is 0 Å². The number of tetrazole rings is 1. The lowest BCUT2D eigenvalue weighted by Gasteiger charge is -2.13. The Balaban J connectivity index is 1.91. The molecule has 1 heterocycles. The number of carbonyl (C=O) groups excluding carboxylic acids is 1. The molecule has 0 fully saturated rings. The van der Waals surface area contributed by atoms with Gasteiger partial charge in [-0.05, 0) is 59.4 Å². The molecule has 0 atom stereocenters. The quantitative estimate of drug-likeness (QED) is 0.645. The second-order valence-electron chi connectivity index (χ2n) is 5.52. The minimum absolute atomic E-state index is 0.0826. The number of aromatic nitrogens is 4. The molecule has 7 nitrogen and oxygen atoms in total. The van der Waals surface area contributed by atoms with E-state index in [9.17, 15) is 18.0 Å². The van der Waals surface area contributed by atoms with Crippen molar-refractivity contribution >= 4 is 23.4 Å². The number of anilines is 1. The van der Waals surface area contributed by atoms with E-state index in [1.807, 2.05) is 0 Å². The topological polar surface area (TPSA) is 81.9 Å². The fourth-order valence-electron chi connectivity index (χ4n) is 2.45. The van der Waals surface area contributed by atoms with Crippen molar-refractivity contribution in [1.82, 2.24) is 20.2 Å². The minimum atomic E-state index is -4.50. The van der Waals surface area contributed by atoms with Crippen molar-refractivity contribution in [3.05, 3.63) is 53.9 Å². The molecular formula is C17H14F3N5O2S. The summed E-state index contributed by atoms with van der Waals surface area (Å²) in [6, 6.07) is 10.3. The zero-order chi connectivity index (χ0) is 20.3. The molecule has 28 heavy (non-hydrogen) atoms. The van der Waals surface area contributed by atoms with Gasteiger partial charge < -0.3 is 10.1 Å². The van der Waals surface area contributed by atoms with Gasteiger partial charge in [0.25, 0.3) is 5.91 Å². The lowest BCUT2D eigenvalue weighted by molar-refractivity contribution is -0.0328. The van der Waals surface area contributed by atoms with Crippen LogP contribution in [0.1, 0.15) is 16.2 Å². The van der Waals surface area contributed by atoms with Gasteiger partial charge in [0, 0.05) is 10.6 Å². The van der Waals surface area contributed by atoms with Crippen molar-refractivity contribution in [2.75, 3.05) is 12.4 Å². The Morgan fingerprint density at radius 1 is 1.21 bits per heavy atom. The number of halogens is 3. The van der Waals surface area contributed by atoms with Gasteiger partial charge in [0.15, 0.2) is 5.82 Å². The SMILES string of the molecule is COc1ccc(NC(=O)c2ccccc2SC(F)(F)F)cc1-n1nnnc1C. The Morgan fingerprint density at radius 3 is 2.61 bits per heavy atom. The maximum absolute atomic E-state index is 12.7. The van der Waals surface area contributed by atoms with Gasteiger partial charge >= 0.3 is 5.51 Å². The molecule has 3 rings (SSSR count). The number of hydrogen-bond donors (Lipinski definition) is 1. The molecule has 2 aromatic carbocycles. The van der Waals surface area contributed by atoms with E-state index in [0.717, 1.165) is 0 Å². The molecule has 0 bridgehead atoms. The van der Waals surface area contributed by atoms with Crippen LogP contribution in [0.3, 0.4) is 0 Å². The van der Waals surface area contributed by atoms with E-state index in [2.05, 4.69) is 20.8 Å². The Bertz CT molecular complexity index is 1010. The summed E-state index contributed by atoms with van der Waals surface area (Å²) in [5.41, 5.74) is -3.76. The van der Waals surface area contributed by atoms with Crippen LogP contribution in [0.5, 0.6) is 5.75 Å². The maximum atomic E-state index is 12.7. The van der Waals surface area contributed by atoms with Crippen LogP contribution in [0.4, 0.5) is 18.9 Å². The first-order valence-electron chi connectivity index (χ1n) is 7.88. The molecule has 0 spiro atoms. The Hall–Kier alpha value is -3.08. The molecule has 0 radical (unpaired) electrons. The van der Waals surface area contributed by atoms with Crippen molar-refractivity contribution in [2.24, 2.45) is 0 Å². The zero-order valence-electron chi connectivity index (χ0n) is 14.7. The molecule has 1 N–H and O–H groups in total. The largest absolute Gasteiger partial charge is 0.494 e. The lowest BCUT2D eigenvalue weighted by Crippen LogP contribution is -2.14. The number of carbonyl (C=O) groups is 1. The molecule has 0 aliphatic heterocycles. The van der Waals surface area contributed by atoms with Gasteiger partial charge in [-0.3, -0.25) is 4.79 Å². The first-order chi connectivity index (χ1) is 13.3. The highest BCUT2D eigenvalue weighted by Crippen LogP contribution is 2.38. The Morgan fingerprint density at radius 2 is 1.96 bits per heavy atom.